The second-order valence-corrected chi connectivity index (χ2v) is 5.28. The smallest absolute Gasteiger partial charge is 0.387 e. The largest absolute Gasteiger partial charge is 0.493 e. The molecule has 0 aromatic heterocycles. The minimum atomic E-state index is -3.06. The van der Waals surface area contributed by atoms with E-state index >= 15 is 0 Å². The molecule has 0 aliphatic heterocycles. The first-order valence-electron chi connectivity index (χ1n) is 6.62. The van der Waals surface area contributed by atoms with Crippen LogP contribution < -0.4 is 14.8 Å². The van der Waals surface area contributed by atoms with E-state index in [1.165, 1.54) is 37.1 Å². The first-order valence-corrected chi connectivity index (χ1v) is 7.85. The molecule has 0 heterocycles. The van der Waals surface area contributed by atoms with Crippen molar-refractivity contribution in [2.45, 2.75) is 11.5 Å². The van der Waals surface area contributed by atoms with Crippen LogP contribution in [0.1, 0.15) is 10.4 Å². The summed E-state index contributed by atoms with van der Waals surface area (Å²) in [5, 5.41) is 2.67. The van der Waals surface area contributed by atoms with Crippen molar-refractivity contribution in [3.63, 3.8) is 0 Å². The van der Waals surface area contributed by atoms with Gasteiger partial charge in [0.25, 0.3) is 5.91 Å². The van der Waals surface area contributed by atoms with Crippen molar-refractivity contribution in [3.8, 4) is 11.5 Å². The lowest BCUT2D eigenvalue weighted by atomic mass is 10.1. The number of benzene rings is 2. The van der Waals surface area contributed by atoms with E-state index < -0.39 is 12.5 Å². The molecule has 1 amide bonds. The first kappa shape index (κ1) is 17.1. The number of carbonyl (C=O) groups excluding carboxylic acids is 1. The van der Waals surface area contributed by atoms with Crippen LogP contribution in [0.3, 0.4) is 0 Å². The highest BCUT2D eigenvalue weighted by molar-refractivity contribution is 7.98. The molecule has 0 unspecified atom stereocenters. The maximum atomic E-state index is 12.6. The summed E-state index contributed by atoms with van der Waals surface area (Å²) in [5.41, 5.74) is 0.534. The fraction of sp³-hybridized carbons (Fsp3) is 0.188. The fourth-order valence-corrected chi connectivity index (χ4v) is 2.42. The summed E-state index contributed by atoms with van der Waals surface area (Å²) < 4.78 is 34.6. The molecule has 0 aliphatic carbocycles. The molecular formula is C16H15F2NO3S. The summed E-state index contributed by atoms with van der Waals surface area (Å²) in [6.45, 7) is -3.06. The van der Waals surface area contributed by atoms with Crippen molar-refractivity contribution < 1.29 is 23.0 Å². The maximum absolute atomic E-state index is 12.6. The van der Waals surface area contributed by atoms with Crippen LogP contribution in [-0.4, -0.2) is 25.9 Å². The SMILES string of the molecule is COc1cccc(C(=O)Nc2cccc(SC)c2)c1OC(F)F. The maximum Gasteiger partial charge on any atom is 0.387 e. The molecule has 0 saturated heterocycles. The summed E-state index contributed by atoms with van der Waals surface area (Å²) in [4.78, 5) is 13.4. The molecule has 0 bridgehead atoms. The van der Waals surface area contributed by atoms with Crippen LogP contribution >= 0.6 is 11.8 Å². The fourth-order valence-electron chi connectivity index (χ4n) is 1.97. The molecule has 2 aromatic carbocycles. The first-order chi connectivity index (χ1) is 11.0. The minimum Gasteiger partial charge on any atom is -0.493 e. The third kappa shape index (κ3) is 4.35. The van der Waals surface area contributed by atoms with Crippen LogP contribution in [0.15, 0.2) is 47.4 Å². The van der Waals surface area contributed by atoms with Crippen molar-refractivity contribution in [2.75, 3.05) is 18.7 Å². The van der Waals surface area contributed by atoms with E-state index in [1.54, 1.807) is 18.2 Å². The van der Waals surface area contributed by atoms with Gasteiger partial charge in [0.05, 0.1) is 12.7 Å². The predicted octanol–water partition coefficient (Wildman–Crippen LogP) is 4.27. The number of rotatable bonds is 6. The number of hydrogen-bond donors (Lipinski definition) is 1. The summed E-state index contributed by atoms with van der Waals surface area (Å²) in [7, 11) is 1.32. The van der Waals surface area contributed by atoms with Gasteiger partial charge in [0.2, 0.25) is 0 Å². The van der Waals surface area contributed by atoms with Crippen molar-refractivity contribution in [1.82, 2.24) is 0 Å². The Morgan fingerprint density at radius 1 is 1.22 bits per heavy atom. The molecular weight excluding hydrogens is 324 g/mol. The molecule has 2 aromatic rings. The molecule has 0 radical (unpaired) electrons. The number of halogens is 2. The summed E-state index contributed by atoms with van der Waals surface area (Å²) in [6, 6.07) is 11.6. The Balaban J connectivity index is 2.31. The lowest BCUT2D eigenvalue weighted by Gasteiger charge is -2.14. The number of hydrogen-bond acceptors (Lipinski definition) is 4. The standard InChI is InChI=1S/C16H15F2NO3S/c1-21-13-8-4-7-12(14(13)22-16(17)18)15(20)19-10-5-3-6-11(9-10)23-2/h3-9,16H,1-2H3,(H,19,20). The van der Waals surface area contributed by atoms with Crippen LogP contribution in [-0.2, 0) is 0 Å². The number of anilines is 1. The molecule has 0 spiro atoms. The number of thioether (sulfide) groups is 1. The normalized spacial score (nSPS) is 10.5. The number of methoxy groups -OCH3 is 1. The monoisotopic (exact) mass is 339 g/mol. The zero-order chi connectivity index (χ0) is 16.8. The molecule has 4 nitrogen and oxygen atoms in total. The number of amides is 1. The predicted molar refractivity (Wildman–Crippen MR) is 85.8 cm³/mol. The van der Waals surface area contributed by atoms with Gasteiger partial charge in [-0.25, -0.2) is 0 Å². The van der Waals surface area contributed by atoms with E-state index in [0.29, 0.717) is 5.69 Å². The summed E-state index contributed by atoms with van der Waals surface area (Å²) in [5.74, 6) is -0.780. The molecule has 0 saturated carbocycles. The lowest BCUT2D eigenvalue weighted by Crippen LogP contribution is -2.15. The van der Waals surface area contributed by atoms with E-state index in [1.807, 2.05) is 12.3 Å². The van der Waals surface area contributed by atoms with Crippen LogP contribution in [0.4, 0.5) is 14.5 Å². The van der Waals surface area contributed by atoms with Gasteiger partial charge >= 0.3 is 6.61 Å². The molecule has 2 rings (SSSR count). The summed E-state index contributed by atoms with van der Waals surface area (Å²) in [6.07, 6.45) is 1.91. The third-order valence-corrected chi connectivity index (χ3v) is 3.70. The number of ether oxygens (including phenoxy) is 2. The number of carbonyl (C=O) groups is 1. The number of nitrogens with one attached hydrogen (secondary N) is 1. The minimum absolute atomic E-state index is 0.0285. The van der Waals surface area contributed by atoms with E-state index in [4.69, 9.17) is 4.74 Å². The lowest BCUT2D eigenvalue weighted by molar-refractivity contribution is -0.0515. The summed E-state index contributed by atoms with van der Waals surface area (Å²) >= 11 is 1.53. The van der Waals surface area contributed by atoms with Crippen molar-refractivity contribution in [2.24, 2.45) is 0 Å². The number of alkyl halides is 2. The van der Waals surface area contributed by atoms with E-state index in [2.05, 4.69) is 10.1 Å². The van der Waals surface area contributed by atoms with Crippen molar-refractivity contribution in [1.29, 1.82) is 0 Å². The van der Waals surface area contributed by atoms with Gasteiger partial charge in [-0.2, -0.15) is 8.78 Å². The second-order valence-electron chi connectivity index (χ2n) is 4.40. The van der Waals surface area contributed by atoms with Gasteiger partial charge in [-0.3, -0.25) is 4.79 Å². The van der Waals surface area contributed by atoms with Gasteiger partial charge in [0.15, 0.2) is 11.5 Å². The average Bonchev–Trinajstić information content (AvgIpc) is 2.54. The molecule has 0 aliphatic rings. The molecule has 0 atom stereocenters. The Kier molecular flexibility index (Phi) is 5.81. The van der Waals surface area contributed by atoms with Crippen LogP contribution in [0, 0.1) is 0 Å². The van der Waals surface area contributed by atoms with Gasteiger partial charge in [0, 0.05) is 10.6 Å². The van der Waals surface area contributed by atoms with Crippen molar-refractivity contribution in [3.05, 3.63) is 48.0 Å². The zero-order valence-electron chi connectivity index (χ0n) is 12.5. The Labute approximate surface area is 136 Å². The number of para-hydroxylation sites is 1. The van der Waals surface area contributed by atoms with Gasteiger partial charge in [-0.15, -0.1) is 11.8 Å². The Morgan fingerprint density at radius 2 is 1.96 bits per heavy atom. The quantitative estimate of drug-likeness (QED) is 0.799. The molecule has 7 heteroatoms. The zero-order valence-corrected chi connectivity index (χ0v) is 13.3. The van der Waals surface area contributed by atoms with E-state index in [0.717, 1.165) is 4.90 Å². The third-order valence-electron chi connectivity index (χ3n) is 2.98. The molecule has 122 valence electrons. The molecule has 23 heavy (non-hydrogen) atoms. The van der Waals surface area contributed by atoms with Gasteiger partial charge < -0.3 is 14.8 Å². The topological polar surface area (TPSA) is 47.6 Å². The van der Waals surface area contributed by atoms with Gasteiger partial charge in [-0.05, 0) is 36.6 Å². The highest BCUT2D eigenvalue weighted by Gasteiger charge is 2.20. The highest BCUT2D eigenvalue weighted by atomic mass is 32.2. The van der Waals surface area contributed by atoms with E-state index in [9.17, 15) is 13.6 Å². The van der Waals surface area contributed by atoms with Gasteiger partial charge in [-0.1, -0.05) is 12.1 Å². The molecule has 1 N–H and O–H groups in total. The van der Waals surface area contributed by atoms with Crippen LogP contribution in [0.25, 0.3) is 0 Å². The highest BCUT2D eigenvalue weighted by Crippen LogP contribution is 2.33. The molecule has 0 fully saturated rings. The Morgan fingerprint density at radius 3 is 2.61 bits per heavy atom. The Hall–Kier alpha value is -2.28. The average molecular weight is 339 g/mol. The Bertz CT molecular complexity index is 695. The second kappa shape index (κ2) is 7.82. The van der Waals surface area contributed by atoms with Crippen LogP contribution in [0.5, 0.6) is 11.5 Å². The van der Waals surface area contributed by atoms with Crippen molar-refractivity contribution >= 4 is 23.4 Å². The van der Waals surface area contributed by atoms with Gasteiger partial charge in [0.1, 0.15) is 0 Å². The van der Waals surface area contributed by atoms with Crippen LogP contribution in [0.2, 0.25) is 0 Å². The van der Waals surface area contributed by atoms with E-state index in [-0.39, 0.29) is 17.1 Å².